The topological polar surface area (TPSA) is 111 Å². The molecule has 0 aliphatic carbocycles. The van der Waals surface area contributed by atoms with E-state index in [0.29, 0.717) is 0 Å². The van der Waals surface area contributed by atoms with Crippen molar-refractivity contribution < 1.29 is 14.4 Å². The van der Waals surface area contributed by atoms with Crippen molar-refractivity contribution in [1.29, 1.82) is 5.26 Å². The van der Waals surface area contributed by atoms with Crippen molar-refractivity contribution in [2.45, 2.75) is 6.42 Å². The van der Waals surface area contributed by atoms with Crippen LogP contribution in [-0.2, 0) is 4.79 Å². The van der Waals surface area contributed by atoms with Gasteiger partial charge in [-0.1, -0.05) is 0 Å². The molecule has 0 spiro atoms. The van der Waals surface area contributed by atoms with Gasteiger partial charge >= 0.3 is 0 Å². The van der Waals surface area contributed by atoms with Crippen molar-refractivity contribution in [2.75, 3.05) is 19.4 Å². The summed E-state index contributed by atoms with van der Waals surface area (Å²) < 4.78 is 0. The second-order valence-corrected chi connectivity index (χ2v) is 3.84. The molecule has 1 rings (SSSR count). The monoisotopic (exact) mass is 274 g/mol. The number of hydrogen-bond acceptors (Lipinski definition) is 4. The van der Waals surface area contributed by atoms with Gasteiger partial charge in [0.2, 0.25) is 5.91 Å². The number of nitrogens with one attached hydrogen (secondary N) is 3. The van der Waals surface area contributed by atoms with Gasteiger partial charge in [-0.05, 0) is 18.2 Å². The van der Waals surface area contributed by atoms with Crippen molar-refractivity contribution in [1.82, 2.24) is 10.6 Å². The van der Waals surface area contributed by atoms with Crippen LogP contribution in [0.4, 0.5) is 5.69 Å². The van der Waals surface area contributed by atoms with Crippen molar-refractivity contribution in [3.05, 3.63) is 29.3 Å². The summed E-state index contributed by atoms with van der Waals surface area (Å²) in [7, 11) is 2.92. The molecule has 7 nitrogen and oxygen atoms in total. The highest BCUT2D eigenvalue weighted by Crippen LogP contribution is 2.15. The highest BCUT2D eigenvalue weighted by atomic mass is 16.2. The Labute approximate surface area is 116 Å². The van der Waals surface area contributed by atoms with Crippen molar-refractivity contribution in [2.24, 2.45) is 0 Å². The number of carbonyl (C=O) groups is 3. The lowest BCUT2D eigenvalue weighted by Crippen LogP contribution is -2.22. The number of nitriles is 1. The highest BCUT2D eigenvalue weighted by molar-refractivity contribution is 6.02. The molecule has 104 valence electrons. The van der Waals surface area contributed by atoms with E-state index < -0.39 is 5.91 Å². The number of rotatable bonds is 4. The minimum atomic E-state index is -0.510. The number of anilines is 1. The predicted molar refractivity (Wildman–Crippen MR) is 72.1 cm³/mol. The van der Waals surface area contributed by atoms with Crippen LogP contribution >= 0.6 is 0 Å². The molecule has 0 saturated heterocycles. The maximum atomic E-state index is 11.6. The maximum absolute atomic E-state index is 11.6. The summed E-state index contributed by atoms with van der Waals surface area (Å²) in [4.78, 5) is 34.6. The van der Waals surface area contributed by atoms with E-state index in [2.05, 4.69) is 16.0 Å². The largest absolute Gasteiger partial charge is 0.355 e. The van der Waals surface area contributed by atoms with E-state index in [1.54, 1.807) is 6.07 Å². The van der Waals surface area contributed by atoms with Crippen LogP contribution in [0, 0.1) is 11.3 Å². The van der Waals surface area contributed by atoms with Gasteiger partial charge in [0.1, 0.15) is 6.42 Å². The number of benzene rings is 1. The fraction of sp³-hybridized carbons (Fsp3) is 0.231. The molecule has 0 unspecified atom stereocenters. The van der Waals surface area contributed by atoms with Crippen LogP contribution in [0.1, 0.15) is 27.1 Å². The van der Waals surface area contributed by atoms with Crippen LogP contribution in [0.3, 0.4) is 0 Å². The molecule has 20 heavy (non-hydrogen) atoms. The van der Waals surface area contributed by atoms with Gasteiger partial charge in [0, 0.05) is 30.9 Å². The SMILES string of the molecule is CNC(=O)c1cc(NC(=O)CC#N)cc(C(=O)NC)c1. The Balaban J connectivity index is 3.16. The molecule has 0 aliphatic rings. The Morgan fingerprint density at radius 3 is 1.95 bits per heavy atom. The van der Waals surface area contributed by atoms with Crippen LogP contribution in [-0.4, -0.2) is 31.8 Å². The fourth-order valence-electron chi connectivity index (χ4n) is 1.53. The Kier molecular flexibility index (Phi) is 5.23. The summed E-state index contributed by atoms with van der Waals surface area (Å²) in [6, 6.07) is 5.99. The second kappa shape index (κ2) is 6.89. The van der Waals surface area contributed by atoms with E-state index in [1.165, 1.54) is 32.3 Å². The molecular formula is C13H14N4O3. The first-order valence-corrected chi connectivity index (χ1v) is 5.78. The number of nitrogens with zero attached hydrogens (tertiary/aromatic N) is 1. The van der Waals surface area contributed by atoms with Gasteiger partial charge in [0.25, 0.3) is 11.8 Å². The molecule has 1 aromatic carbocycles. The third-order valence-corrected chi connectivity index (χ3v) is 2.43. The molecular weight excluding hydrogens is 260 g/mol. The lowest BCUT2D eigenvalue weighted by molar-refractivity contribution is -0.115. The Hall–Kier alpha value is -2.88. The molecule has 0 heterocycles. The molecule has 3 amide bonds. The minimum Gasteiger partial charge on any atom is -0.355 e. The van der Waals surface area contributed by atoms with E-state index in [9.17, 15) is 14.4 Å². The molecule has 0 aromatic heterocycles. The van der Waals surface area contributed by atoms with Crippen molar-refractivity contribution in [3.63, 3.8) is 0 Å². The van der Waals surface area contributed by atoms with Crippen LogP contribution in [0.2, 0.25) is 0 Å². The zero-order chi connectivity index (χ0) is 15.1. The normalized spacial score (nSPS) is 9.25. The Bertz CT molecular complexity index is 556. The van der Waals surface area contributed by atoms with E-state index in [-0.39, 0.29) is 35.0 Å². The molecule has 0 aliphatic heterocycles. The number of carbonyl (C=O) groups excluding carboxylic acids is 3. The standard InChI is InChI=1S/C13H14N4O3/c1-15-12(19)8-5-9(13(20)16-2)7-10(6-8)17-11(18)3-4-14/h5-7H,3H2,1-2H3,(H,15,19)(H,16,20)(H,17,18). The third-order valence-electron chi connectivity index (χ3n) is 2.43. The quantitative estimate of drug-likeness (QED) is 0.731. The first-order chi connectivity index (χ1) is 9.51. The maximum Gasteiger partial charge on any atom is 0.251 e. The summed E-state index contributed by atoms with van der Waals surface area (Å²) >= 11 is 0. The van der Waals surface area contributed by atoms with E-state index >= 15 is 0 Å². The van der Waals surface area contributed by atoms with Gasteiger partial charge in [-0.15, -0.1) is 0 Å². The molecule has 3 N–H and O–H groups in total. The van der Waals surface area contributed by atoms with Gasteiger partial charge in [-0.3, -0.25) is 14.4 Å². The predicted octanol–water partition coefficient (Wildman–Crippen LogP) is 0.258. The van der Waals surface area contributed by atoms with Gasteiger partial charge in [-0.25, -0.2) is 0 Å². The van der Waals surface area contributed by atoms with Crippen LogP contribution in [0.5, 0.6) is 0 Å². The zero-order valence-electron chi connectivity index (χ0n) is 11.1. The molecule has 0 radical (unpaired) electrons. The van der Waals surface area contributed by atoms with Gasteiger partial charge in [-0.2, -0.15) is 5.26 Å². The molecule has 0 bridgehead atoms. The lowest BCUT2D eigenvalue weighted by atomic mass is 10.1. The molecule has 1 aromatic rings. The first kappa shape index (κ1) is 15.2. The summed E-state index contributed by atoms with van der Waals surface area (Å²) in [6.07, 6.45) is -0.306. The van der Waals surface area contributed by atoms with E-state index in [0.717, 1.165) is 0 Å². The number of amides is 3. The average molecular weight is 274 g/mol. The third kappa shape index (κ3) is 3.81. The molecule has 0 atom stereocenters. The van der Waals surface area contributed by atoms with Gasteiger partial charge in [0.15, 0.2) is 0 Å². The van der Waals surface area contributed by atoms with Gasteiger partial charge in [0.05, 0.1) is 6.07 Å². The molecule has 0 fully saturated rings. The average Bonchev–Trinajstić information content (AvgIpc) is 2.45. The second-order valence-electron chi connectivity index (χ2n) is 3.84. The van der Waals surface area contributed by atoms with Crippen molar-refractivity contribution in [3.8, 4) is 6.07 Å². The highest BCUT2D eigenvalue weighted by Gasteiger charge is 2.12. The Morgan fingerprint density at radius 1 is 1.05 bits per heavy atom. The zero-order valence-corrected chi connectivity index (χ0v) is 11.1. The minimum absolute atomic E-state index is 0.237. The summed E-state index contributed by atoms with van der Waals surface area (Å²) in [5.41, 5.74) is 0.756. The fourth-order valence-corrected chi connectivity index (χ4v) is 1.53. The van der Waals surface area contributed by atoms with Crippen LogP contribution in [0.15, 0.2) is 18.2 Å². The van der Waals surface area contributed by atoms with Crippen LogP contribution in [0.25, 0.3) is 0 Å². The molecule has 7 heteroatoms. The first-order valence-electron chi connectivity index (χ1n) is 5.78. The molecule has 0 saturated carbocycles. The number of hydrogen-bond donors (Lipinski definition) is 3. The van der Waals surface area contributed by atoms with Crippen LogP contribution < -0.4 is 16.0 Å². The lowest BCUT2D eigenvalue weighted by Gasteiger charge is -2.09. The van der Waals surface area contributed by atoms with Crippen molar-refractivity contribution >= 4 is 23.4 Å². The summed E-state index contributed by atoms with van der Waals surface area (Å²) in [5.74, 6) is -1.28. The van der Waals surface area contributed by atoms with E-state index in [4.69, 9.17) is 5.26 Å². The Morgan fingerprint density at radius 2 is 1.55 bits per heavy atom. The smallest absolute Gasteiger partial charge is 0.251 e. The summed E-state index contributed by atoms with van der Waals surface area (Å²) in [5, 5.41) is 15.8. The van der Waals surface area contributed by atoms with Gasteiger partial charge < -0.3 is 16.0 Å². The van der Waals surface area contributed by atoms with E-state index in [1.807, 2.05) is 0 Å². The summed E-state index contributed by atoms with van der Waals surface area (Å²) in [6.45, 7) is 0.